The van der Waals surface area contributed by atoms with Gasteiger partial charge in [0, 0.05) is 31.6 Å². The van der Waals surface area contributed by atoms with Gasteiger partial charge in [-0.15, -0.1) is 0 Å². The topological polar surface area (TPSA) is 58.6 Å². The Balaban J connectivity index is 1.52. The maximum Gasteiger partial charge on any atom is 0.227 e. The molecule has 0 saturated carbocycles. The number of carbonyl (C=O) groups is 1. The van der Waals surface area contributed by atoms with Crippen LogP contribution in [0, 0.1) is 6.92 Å². The molecule has 0 N–H and O–H groups in total. The van der Waals surface area contributed by atoms with Gasteiger partial charge in [0.05, 0.1) is 25.8 Å². The highest BCUT2D eigenvalue weighted by atomic mass is 16.5. The van der Waals surface area contributed by atoms with Crippen molar-refractivity contribution in [2.24, 2.45) is 0 Å². The number of methoxy groups -OCH3 is 1. The van der Waals surface area contributed by atoms with Crippen molar-refractivity contribution in [3.63, 3.8) is 0 Å². The van der Waals surface area contributed by atoms with Gasteiger partial charge in [-0.1, -0.05) is 12.1 Å². The number of piperidine rings is 1. The lowest BCUT2D eigenvalue weighted by molar-refractivity contribution is -0.131. The van der Waals surface area contributed by atoms with E-state index in [4.69, 9.17) is 9.72 Å². The largest absolute Gasteiger partial charge is 0.497 e. The van der Waals surface area contributed by atoms with E-state index in [9.17, 15) is 4.79 Å². The van der Waals surface area contributed by atoms with Gasteiger partial charge in [0.15, 0.2) is 0 Å². The van der Waals surface area contributed by atoms with Crippen molar-refractivity contribution in [1.29, 1.82) is 0 Å². The average Bonchev–Trinajstić information content (AvgIpc) is 2.74. The highest BCUT2D eigenvalue weighted by Gasteiger charge is 2.27. The van der Waals surface area contributed by atoms with Crippen molar-refractivity contribution >= 4 is 11.7 Å². The van der Waals surface area contributed by atoms with Crippen molar-refractivity contribution in [3.8, 4) is 5.75 Å². The lowest BCUT2D eigenvalue weighted by Crippen LogP contribution is -2.39. The first kappa shape index (κ1) is 18.7. The number of ether oxygens (including phenoxy) is 1. The summed E-state index contributed by atoms with van der Waals surface area (Å²) in [5.74, 6) is 2.84. The summed E-state index contributed by atoms with van der Waals surface area (Å²) in [5, 5.41) is 0. The van der Waals surface area contributed by atoms with Crippen LogP contribution in [-0.4, -0.2) is 47.5 Å². The molecule has 0 aliphatic carbocycles. The quantitative estimate of drug-likeness (QED) is 0.816. The molecule has 0 spiro atoms. The van der Waals surface area contributed by atoms with Crippen LogP contribution in [-0.2, 0) is 24.2 Å². The van der Waals surface area contributed by atoms with Crippen LogP contribution < -0.4 is 9.64 Å². The Labute approximate surface area is 166 Å². The Bertz CT molecular complexity index is 844. The molecule has 28 heavy (non-hydrogen) atoms. The molecule has 1 fully saturated rings. The Hall–Kier alpha value is -2.63. The lowest BCUT2D eigenvalue weighted by Gasteiger charge is -2.34. The van der Waals surface area contributed by atoms with E-state index < -0.39 is 0 Å². The second kappa shape index (κ2) is 8.17. The molecule has 0 bridgehead atoms. The number of aromatic nitrogens is 2. The zero-order valence-corrected chi connectivity index (χ0v) is 16.8. The van der Waals surface area contributed by atoms with Crippen LogP contribution in [0.2, 0.25) is 0 Å². The second-order valence-electron chi connectivity index (χ2n) is 7.66. The van der Waals surface area contributed by atoms with Crippen LogP contribution in [0.3, 0.4) is 0 Å². The number of hydrogen-bond acceptors (Lipinski definition) is 5. The molecule has 6 heteroatoms. The Kier molecular flexibility index (Phi) is 5.46. The minimum atomic E-state index is 0.154. The zero-order valence-electron chi connectivity index (χ0n) is 16.8. The first-order chi connectivity index (χ1) is 13.6. The van der Waals surface area contributed by atoms with Crippen molar-refractivity contribution in [3.05, 3.63) is 46.9 Å². The fourth-order valence-electron chi connectivity index (χ4n) is 4.13. The molecule has 1 aromatic heterocycles. The molecule has 6 nitrogen and oxygen atoms in total. The number of amides is 1. The Morgan fingerprint density at radius 3 is 2.54 bits per heavy atom. The summed E-state index contributed by atoms with van der Waals surface area (Å²) < 4.78 is 5.20. The molecule has 2 aliphatic rings. The van der Waals surface area contributed by atoms with Crippen LogP contribution in [0.4, 0.5) is 5.82 Å². The van der Waals surface area contributed by atoms with E-state index in [0.717, 1.165) is 60.3 Å². The predicted molar refractivity (Wildman–Crippen MR) is 109 cm³/mol. The van der Waals surface area contributed by atoms with Crippen LogP contribution in [0.25, 0.3) is 0 Å². The number of hydrogen-bond donors (Lipinski definition) is 0. The molecule has 3 heterocycles. The van der Waals surface area contributed by atoms with Gasteiger partial charge in [0.1, 0.15) is 17.4 Å². The monoisotopic (exact) mass is 380 g/mol. The van der Waals surface area contributed by atoms with E-state index in [2.05, 4.69) is 9.88 Å². The minimum absolute atomic E-state index is 0.154. The van der Waals surface area contributed by atoms with Crippen molar-refractivity contribution < 1.29 is 9.53 Å². The summed E-state index contributed by atoms with van der Waals surface area (Å²) in [5.41, 5.74) is 3.26. The first-order valence-electron chi connectivity index (χ1n) is 10.2. The fourth-order valence-corrected chi connectivity index (χ4v) is 4.13. The molecule has 2 aromatic rings. The SMILES string of the molecule is COc1ccc(CC(=O)N2CCc3nc(C)nc(N4CCCCC4)c3C2)cc1. The Morgan fingerprint density at radius 1 is 1.07 bits per heavy atom. The average molecular weight is 380 g/mol. The molecule has 2 aliphatic heterocycles. The van der Waals surface area contributed by atoms with E-state index in [1.54, 1.807) is 7.11 Å². The molecule has 1 aromatic carbocycles. The summed E-state index contributed by atoms with van der Waals surface area (Å²) in [6.45, 7) is 5.38. The second-order valence-corrected chi connectivity index (χ2v) is 7.66. The van der Waals surface area contributed by atoms with Gasteiger partial charge in [0.2, 0.25) is 5.91 Å². The number of benzene rings is 1. The summed E-state index contributed by atoms with van der Waals surface area (Å²) in [7, 11) is 1.65. The normalized spacial score (nSPS) is 16.6. The number of nitrogens with zero attached hydrogens (tertiary/aromatic N) is 4. The number of rotatable bonds is 4. The fraction of sp³-hybridized carbons (Fsp3) is 0.500. The van der Waals surface area contributed by atoms with Gasteiger partial charge in [-0.25, -0.2) is 9.97 Å². The van der Waals surface area contributed by atoms with Gasteiger partial charge in [-0.05, 0) is 43.9 Å². The molecule has 0 unspecified atom stereocenters. The number of aryl methyl sites for hydroxylation is 1. The maximum atomic E-state index is 12.9. The van der Waals surface area contributed by atoms with E-state index >= 15 is 0 Å². The molecule has 1 amide bonds. The standard InChI is InChI=1S/C22H28N4O2/c1-16-23-20-10-13-26(21(27)14-17-6-8-18(28-2)9-7-17)15-19(20)22(24-16)25-11-4-3-5-12-25/h6-9H,3-5,10-15H2,1-2H3. The van der Waals surface area contributed by atoms with Crippen LogP contribution in [0.15, 0.2) is 24.3 Å². The highest BCUT2D eigenvalue weighted by Crippen LogP contribution is 2.29. The molecule has 0 radical (unpaired) electrons. The van der Waals surface area contributed by atoms with Crippen LogP contribution in [0.5, 0.6) is 5.75 Å². The first-order valence-corrected chi connectivity index (χ1v) is 10.2. The third-order valence-corrected chi connectivity index (χ3v) is 5.67. The van der Waals surface area contributed by atoms with Gasteiger partial charge >= 0.3 is 0 Å². The van der Waals surface area contributed by atoms with E-state index in [1.165, 1.54) is 19.3 Å². The van der Waals surface area contributed by atoms with Gasteiger partial charge in [0.25, 0.3) is 0 Å². The highest BCUT2D eigenvalue weighted by molar-refractivity contribution is 5.79. The van der Waals surface area contributed by atoms with Crippen molar-refractivity contribution in [2.45, 2.75) is 45.6 Å². The lowest BCUT2D eigenvalue weighted by atomic mass is 10.0. The Morgan fingerprint density at radius 2 is 1.82 bits per heavy atom. The summed E-state index contributed by atoms with van der Waals surface area (Å²) in [6.07, 6.45) is 4.91. The predicted octanol–water partition coefficient (Wildman–Crippen LogP) is 2.91. The third-order valence-electron chi connectivity index (χ3n) is 5.67. The van der Waals surface area contributed by atoms with Gasteiger partial charge < -0.3 is 14.5 Å². The molecule has 4 rings (SSSR count). The molecule has 148 valence electrons. The van der Waals surface area contributed by atoms with Gasteiger partial charge in [-0.3, -0.25) is 4.79 Å². The van der Waals surface area contributed by atoms with Crippen LogP contribution >= 0.6 is 0 Å². The number of carbonyl (C=O) groups excluding carboxylic acids is 1. The summed E-state index contributed by atoms with van der Waals surface area (Å²) in [6, 6.07) is 7.72. The summed E-state index contributed by atoms with van der Waals surface area (Å²) >= 11 is 0. The molecule has 0 atom stereocenters. The van der Waals surface area contributed by atoms with E-state index in [0.29, 0.717) is 13.0 Å². The van der Waals surface area contributed by atoms with E-state index in [1.807, 2.05) is 36.1 Å². The molecular weight excluding hydrogens is 352 g/mol. The van der Waals surface area contributed by atoms with Crippen molar-refractivity contribution in [2.75, 3.05) is 31.6 Å². The van der Waals surface area contributed by atoms with Crippen LogP contribution in [0.1, 0.15) is 41.9 Å². The van der Waals surface area contributed by atoms with Crippen molar-refractivity contribution in [1.82, 2.24) is 14.9 Å². The minimum Gasteiger partial charge on any atom is -0.497 e. The number of anilines is 1. The maximum absolute atomic E-state index is 12.9. The summed E-state index contributed by atoms with van der Waals surface area (Å²) in [4.78, 5) is 26.7. The smallest absolute Gasteiger partial charge is 0.227 e. The molecular formula is C22H28N4O2. The van der Waals surface area contributed by atoms with Gasteiger partial charge in [-0.2, -0.15) is 0 Å². The van der Waals surface area contributed by atoms with E-state index in [-0.39, 0.29) is 5.91 Å². The number of fused-ring (bicyclic) bond motifs is 1. The molecule has 1 saturated heterocycles. The zero-order chi connectivity index (χ0) is 19.5. The third kappa shape index (κ3) is 3.96.